The van der Waals surface area contributed by atoms with E-state index in [-0.39, 0.29) is 18.1 Å². The predicted molar refractivity (Wildman–Crippen MR) is 89.0 cm³/mol. The number of furan rings is 2. The first-order valence-corrected chi connectivity index (χ1v) is 8.06. The third-order valence-electron chi connectivity index (χ3n) is 3.11. The topological polar surface area (TPSA) is 84.5 Å². The Hall–Kier alpha value is -3.06. The van der Waals surface area contributed by atoms with Crippen molar-refractivity contribution in [3.05, 3.63) is 76.4 Å². The van der Waals surface area contributed by atoms with Crippen LogP contribution in [0.15, 0.2) is 68.1 Å². The summed E-state index contributed by atoms with van der Waals surface area (Å²) >= 11 is 1.41. The molecule has 0 aliphatic carbocycles. The number of nitrogens with one attached hydrogen (secondary N) is 2. The number of amides is 2. The van der Waals surface area contributed by atoms with Gasteiger partial charge in [0.05, 0.1) is 24.6 Å². The van der Waals surface area contributed by atoms with Crippen LogP contribution in [-0.4, -0.2) is 11.8 Å². The largest absolute Gasteiger partial charge is 0.467 e. The third kappa shape index (κ3) is 4.02. The molecule has 0 spiro atoms. The lowest BCUT2D eigenvalue weighted by Gasteiger charge is -2.09. The van der Waals surface area contributed by atoms with Crippen molar-refractivity contribution in [1.29, 1.82) is 0 Å². The fraction of sp³-hybridized carbons (Fsp3) is 0.0588. The fourth-order valence-electron chi connectivity index (χ4n) is 1.94. The molecule has 3 aromatic heterocycles. The van der Waals surface area contributed by atoms with Gasteiger partial charge in [-0.15, -0.1) is 0 Å². The lowest BCUT2D eigenvalue weighted by Crippen LogP contribution is -2.34. The molecule has 0 aromatic carbocycles. The van der Waals surface area contributed by atoms with Gasteiger partial charge in [-0.3, -0.25) is 9.59 Å². The molecule has 2 amide bonds. The van der Waals surface area contributed by atoms with Gasteiger partial charge in [0.15, 0.2) is 0 Å². The Morgan fingerprint density at radius 1 is 1.12 bits per heavy atom. The van der Waals surface area contributed by atoms with E-state index in [1.54, 1.807) is 41.1 Å². The number of hydrogen-bond donors (Lipinski definition) is 2. The number of carbonyl (C=O) groups excluding carboxylic acids is 2. The van der Waals surface area contributed by atoms with E-state index in [0.29, 0.717) is 17.1 Å². The minimum atomic E-state index is -0.439. The number of thiophene rings is 1. The molecule has 3 aromatic rings. The summed E-state index contributed by atoms with van der Waals surface area (Å²) in [4.78, 5) is 24.6. The Kier molecular flexibility index (Phi) is 4.93. The maximum atomic E-state index is 12.4. The van der Waals surface area contributed by atoms with Gasteiger partial charge in [0.2, 0.25) is 0 Å². The van der Waals surface area contributed by atoms with Gasteiger partial charge in [0.25, 0.3) is 11.8 Å². The molecule has 0 atom stereocenters. The van der Waals surface area contributed by atoms with E-state index in [4.69, 9.17) is 8.83 Å². The van der Waals surface area contributed by atoms with Gasteiger partial charge in [-0.2, -0.15) is 11.3 Å². The Bertz CT molecular complexity index is 818. The molecule has 7 heteroatoms. The van der Waals surface area contributed by atoms with Crippen molar-refractivity contribution in [3.63, 3.8) is 0 Å². The highest BCUT2D eigenvalue weighted by atomic mass is 32.1. The van der Waals surface area contributed by atoms with Gasteiger partial charge >= 0.3 is 0 Å². The van der Waals surface area contributed by atoms with Crippen LogP contribution < -0.4 is 10.6 Å². The monoisotopic (exact) mass is 342 g/mol. The van der Waals surface area contributed by atoms with Gasteiger partial charge in [-0.05, 0) is 35.7 Å². The highest BCUT2D eigenvalue weighted by Crippen LogP contribution is 2.10. The second kappa shape index (κ2) is 7.47. The summed E-state index contributed by atoms with van der Waals surface area (Å²) in [7, 11) is 0. The summed E-state index contributed by atoms with van der Waals surface area (Å²) in [6, 6.07) is 8.56. The second-order valence-corrected chi connectivity index (χ2v) is 5.58. The number of hydrogen-bond acceptors (Lipinski definition) is 5. The molecule has 0 aliphatic rings. The molecule has 3 heterocycles. The molecule has 0 radical (unpaired) electrons. The molecule has 0 aliphatic heterocycles. The molecule has 0 fully saturated rings. The first kappa shape index (κ1) is 15.8. The molecule has 0 bridgehead atoms. The zero-order chi connectivity index (χ0) is 16.8. The van der Waals surface area contributed by atoms with Crippen LogP contribution >= 0.6 is 11.3 Å². The fourth-order valence-corrected chi connectivity index (χ4v) is 2.57. The lowest BCUT2D eigenvalue weighted by molar-refractivity contribution is -0.118. The smallest absolute Gasteiger partial charge is 0.268 e. The third-order valence-corrected chi connectivity index (χ3v) is 3.79. The van der Waals surface area contributed by atoms with Crippen LogP contribution in [0.5, 0.6) is 0 Å². The average Bonchev–Trinajstić information content (AvgIpc) is 3.34. The van der Waals surface area contributed by atoms with Crippen molar-refractivity contribution >= 4 is 29.2 Å². The molecule has 0 unspecified atom stereocenters. The normalized spacial score (nSPS) is 11.2. The predicted octanol–water partition coefficient (Wildman–Crippen LogP) is 3.02. The Labute approximate surface area is 141 Å². The molecule has 122 valence electrons. The SMILES string of the molecule is O=C(NCc1ccco1)/C(=C\c1ccco1)NC(=O)c1ccsc1. The minimum absolute atomic E-state index is 0.0905. The molecule has 3 rings (SSSR count). The van der Waals surface area contributed by atoms with Crippen LogP contribution in [0.4, 0.5) is 0 Å². The van der Waals surface area contributed by atoms with Gasteiger partial charge in [0, 0.05) is 11.5 Å². The standard InChI is InChI=1S/C17H14N2O4S/c20-16(12-5-8-24-11-12)19-15(9-13-3-1-6-22-13)17(21)18-10-14-4-2-7-23-14/h1-9,11H,10H2,(H,18,21)(H,19,20)/b15-9+. The van der Waals surface area contributed by atoms with Crippen molar-refractivity contribution < 1.29 is 18.4 Å². The lowest BCUT2D eigenvalue weighted by atomic mass is 10.2. The van der Waals surface area contributed by atoms with Crippen LogP contribution in [-0.2, 0) is 11.3 Å². The minimum Gasteiger partial charge on any atom is -0.467 e. The number of rotatable bonds is 6. The van der Waals surface area contributed by atoms with E-state index >= 15 is 0 Å². The zero-order valence-corrected chi connectivity index (χ0v) is 13.3. The highest BCUT2D eigenvalue weighted by Gasteiger charge is 2.15. The first-order valence-electron chi connectivity index (χ1n) is 7.12. The Balaban J connectivity index is 1.74. The van der Waals surface area contributed by atoms with Crippen molar-refractivity contribution in [2.45, 2.75) is 6.54 Å². The zero-order valence-electron chi connectivity index (χ0n) is 12.5. The van der Waals surface area contributed by atoms with Gasteiger partial charge in [-0.1, -0.05) is 0 Å². The van der Waals surface area contributed by atoms with E-state index in [0.717, 1.165) is 0 Å². The van der Waals surface area contributed by atoms with Crippen molar-refractivity contribution in [1.82, 2.24) is 10.6 Å². The summed E-state index contributed by atoms with van der Waals surface area (Å²) in [5.74, 6) is 0.280. The second-order valence-electron chi connectivity index (χ2n) is 4.80. The van der Waals surface area contributed by atoms with Crippen LogP contribution in [0, 0.1) is 0 Å². The summed E-state index contributed by atoms with van der Waals surface area (Å²) < 4.78 is 10.4. The van der Waals surface area contributed by atoms with Gasteiger partial charge < -0.3 is 19.5 Å². The van der Waals surface area contributed by atoms with E-state index < -0.39 is 5.91 Å². The van der Waals surface area contributed by atoms with Gasteiger partial charge in [0.1, 0.15) is 17.2 Å². The molecular weight excluding hydrogens is 328 g/mol. The molecule has 24 heavy (non-hydrogen) atoms. The Morgan fingerprint density at radius 2 is 1.96 bits per heavy atom. The Morgan fingerprint density at radius 3 is 2.62 bits per heavy atom. The number of carbonyl (C=O) groups is 2. The maximum Gasteiger partial charge on any atom is 0.268 e. The first-order chi connectivity index (χ1) is 11.7. The van der Waals surface area contributed by atoms with E-state index in [2.05, 4.69) is 10.6 Å². The summed E-state index contributed by atoms with van der Waals surface area (Å²) in [5.41, 5.74) is 0.580. The van der Waals surface area contributed by atoms with Crippen LogP contribution in [0.1, 0.15) is 21.9 Å². The summed E-state index contributed by atoms with van der Waals surface area (Å²) in [6.45, 7) is 0.218. The van der Waals surface area contributed by atoms with Gasteiger partial charge in [-0.25, -0.2) is 0 Å². The quantitative estimate of drug-likeness (QED) is 0.675. The average molecular weight is 342 g/mol. The van der Waals surface area contributed by atoms with Crippen LogP contribution in [0.3, 0.4) is 0 Å². The molecule has 0 saturated heterocycles. The van der Waals surface area contributed by atoms with E-state index in [1.165, 1.54) is 29.9 Å². The summed E-state index contributed by atoms with van der Waals surface area (Å²) in [6.07, 6.45) is 4.49. The van der Waals surface area contributed by atoms with Crippen LogP contribution in [0.2, 0.25) is 0 Å². The van der Waals surface area contributed by atoms with E-state index in [9.17, 15) is 9.59 Å². The van der Waals surface area contributed by atoms with E-state index in [1.807, 2.05) is 0 Å². The van der Waals surface area contributed by atoms with Crippen LogP contribution in [0.25, 0.3) is 6.08 Å². The highest BCUT2D eigenvalue weighted by molar-refractivity contribution is 7.08. The molecular formula is C17H14N2O4S. The molecule has 0 saturated carbocycles. The maximum absolute atomic E-state index is 12.4. The molecule has 2 N–H and O–H groups in total. The van der Waals surface area contributed by atoms with Crippen molar-refractivity contribution in [3.8, 4) is 0 Å². The van der Waals surface area contributed by atoms with Crippen molar-refractivity contribution in [2.75, 3.05) is 0 Å². The van der Waals surface area contributed by atoms with Crippen molar-refractivity contribution in [2.24, 2.45) is 0 Å². The molecule has 6 nitrogen and oxygen atoms in total. The summed E-state index contributed by atoms with van der Waals surface area (Å²) in [5, 5.41) is 8.81.